The van der Waals surface area contributed by atoms with E-state index < -0.39 is 17.5 Å². The third kappa shape index (κ3) is 2.63. The number of carbonyl (C=O) groups is 2. The Morgan fingerprint density at radius 1 is 1.50 bits per heavy atom. The lowest BCUT2D eigenvalue weighted by molar-refractivity contribution is -0.152. The van der Waals surface area contributed by atoms with Gasteiger partial charge in [-0.25, -0.2) is 4.79 Å². The molecule has 2 aliphatic rings. The van der Waals surface area contributed by atoms with E-state index in [0.717, 1.165) is 19.3 Å². The Morgan fingerprint density at radius 2 is 2.28 bits per heavy atom. The van der Waals surface area contributed by atoms with Crippen molar-refractivity contribution in [2.45, 2.75) is 38.2 Å². The summed E-state index contributed by atoms with van der Waals surface area (Å²) in [7, 11) is 0. The van der Waals surface area contributed by atoms with Crippen molar-refractivity contribution in [1.29, 1.82) is 0 Å². The molecule has 2 unspecified atom stereocenters. The fourth-order valence-corrected chi connectivity index (χ4v) is 2.55. The lowest BCUT2D eigenvalue weighted by Crippen LogP contribution is -2.29. The largest absolute Gasteiger partial charge is 0.466 e. The van der Waals surface area contributed by atoms with Crippen LogP contribution in [0.1, 0.15) is 32.6 Å². The van der Waals surface area contributed by atoms with Gasteiger partial charge in [0.2, 0.25) is 0 Å². The lowest BCUT2D eigenvalue weighted by Gasteiger charge is -2.24. The molecule has 1 fully saturated rings. The van der Waals surface area contributed by atoms with Crippen LogP contribution in [0.5, 0.6) is 0 Å². The molecule has 98 valence electrons. The topological polar surface area (TPSA) is 52.6 Å². The molecule has 2 bridgehead atoms. The van der Waals surface area contributed by atoms with Gasteiger partial charge in [-0.3, -0.25) is 4.79 Å². The highest BCUT2D eigenvalue weighted by Crippen LogP contribution is 2.45. The molecule has 0 aromatic heterocycles. The Hall–Kier alpha value is -1.58. The van der Waals surface area contributed by atoms with Crippen molar-refractivity contribution in [3.05, 3.63) is 24.3 Å². The maximum Gasteiger partial charge on any atom is 0.334 e. The van der Waals surface area contributed by atoms with Gasteiger partial charge in [0.25, 0.3) is 0 Å². The van der Waals surface area contributed by atoms with E-state index in [9.17, 15) is 9.59 Å². The number of esters is 2. The van der Waals surface area contributed by atoms with E-state index in [1.54, 1.807) is 6.92 Å². The van der Waals surface area contributed by atoms with Gasteiger partial charge in [0.1, 0.15) is 5.60 Å². The van der Waals surface area contributed by atoms with Gasteiger partial charge in [-0.15, -0.1) is 0 Å². The third-order valence-corrected chi connectivity index (χ3v) is 3.47. The van der Waals surface area contributed by atoms with Crippen molar-refractivity contribution in [3.8, 4) is 0 Å². The van der Waals surface area contributed by atoms with Crippen LogP contribution in [0, 0.1) is 5.92 Å². The van der Waals surface area contributed by atoms with E-state index >= 15 is 0 Å². The fraction of sp³-hybridized carbons (Fsp3) is 0.571. The minimum absolute atomic E-state index is 0.101. The van der Waals surface area contributed by atoms with E-state index in [0.29, 0.717) is 12.5 Å². The molecule has 0 saturated heterocycles. The lowest BCUT2D eigenvalue weighted by atomic mass is 10.0. The van der Waals surface area contributed by atoms with Gasteiger partial charge in [-0.2, -0.15) is 0 Å². The molecule has 2 atom stereocenters. The zero-order valence-electron chi connectivity index (χ0n) is 10.6. The van der Waals surface area contributed by atoms with Crippen LogP contribution in [0.3, 0.4) is 0 Å². The molecule has 2 rings (SSSR count). The predicted octanol–water partition coefficient (Wildman–Crippen LogP) is 2.15. The maximum atomic E-state index is 11.9. The fourth-order valence-electron chi connectivity index (χ4n) is 2.55. The molecular formula is C14H18O4. The molecule has 2 aliphatic carbocycles. The average Bonchev–Trinajstić information content (AvgIpc) is 2.88. The molecular weight excluding hydrogens is 232 g/mol. The summed E-state index contributed by atoms with van der Waals surface area (Å²) < 4.78 is 10.3. The van der Waals surface area contributed by atoms with Crippen LogP contribution in [0.25, 0.3) is 0 Å². The molecule has 4 heteroatoms. The highest BCUT2D eigenvalue weighted by molar-refractivity contribution is 5.93. The summed E-state index contributed by atoms with van der Waals surface area (Å²) in [6.07, 6.45) is 6.77. The van der Waals surface area contributed by atoms with Crippen LogP contribution in [0.15, 0.2) is 24.3 Å². The van der Waals surface area contributed by atoms with Crippen LogP contribution >= 0.6 is 0 Å². The molecule has 0 aromatic rings. The Morgan fingerprint density at radius 3 is 2.78 bits per heavy atom. The number of rotatable bonds is 5. The first kappa shape index (κ1) is 12.9. The second kappa shape index (κ2) is 4.96. The Balaban J connectivity index is 1.86. The normalized spacial score (nSPS) is 28.2. The number of hydrogen-bond donors (Lipinski definition) is 0. The second-order valence-corrected chi connectivity index (χ2v) is 4.90. The zero-order valence-corrected chi connectivity index (χ0v) is 10.6. The third-order valence-electron chi connectivity index (χ3n) is 3.47. The first-order valence-corrected chi connectivity index (χ1v) is 6.31. The summed E-state index contributed by atoms with van der Waals surface area (Å²) in [5.74, 6) is -0.394. The molecule has 18 heavy (non-hydrogen) atoms. The van der Waals surface area contributed by atoms with Gasteiger partial charge < -0.3 is 9.47 Å². The quantitative estimate of drug-likeness (QED) is 0.426. The summed E-state index contributed by atoms with van der Waals surface area (Å²) in [5, 5.41) is 0. The zero-order chi connectivity index (χ0) is 13.2. The standard InChI is InChI=1S/C14H18O4/c1-3-17-12(15)8-10(2)13(16)18-14-6-4-11(9-14)5-7-14/h4,6,11H,2-3,5,7-9H2,1H3. The van der Waals surface area contributed by atoms with Crippen molar-refractivity contribution < 1.29 is 19.1 Å². The summed E-state index contributed by atoms with van der Waals surface area (Å²) in [6, 6.07) is 0. The van der Waals surface area contributed by atoms with Crippen LogP contribution in [-0.2, 0) is 19.1 Å². The highest BCUT2D eigenvalue weighted by Gasteiger charge is 2.44. The maximum absolute atomic E-state index is 11.9. The Bertz CT molecular complexity index is 410. The molecule has 1 saturated carbocycles. The minimum atomic E-state index is -0.491. The summed E-state index contributed by atoms with van der Waals surface area (Å²) in [6.45, 7) is 5.62. The summed E-state index contributed by atoms with van der Waals surface area (Å²) >= 11 is 0. The molecule has 0 heterocycles. The van der Waals surface area contributed by atoms with Gasteiger partial charge in [0, 0.05) is 5.57 Å². The Labute approximate surface area is 107 Å². The van der Waals surface area contributed by atoms with E-state index in [1.807, 2.05) is 6.08 Å². The smallest absolute Gasteiger partial charge is 0.334 e. The van der Waals surface area contributed by atoms with E-state index in [2.05, 4.69) is 12.7 Å². The molecule has 0 radical (unpaired) electrons. The highest BCUT2D eigenvalue weighted by atomic mass is 16.6. The van der Waals surface area contributed by atoms with Gasteiger partial charge >= 0.3 is 11.9 Å². The molecule has 0 spiro atoms. The first-order valence-electron chi connectivity index (χ1n) is 6.31. The second-order valence-electron chi connectivity index (χ2n) is 4.90. The van der Waals surface area contributed by atoms with Crippen LogP contribution in [0.4, 0.5) is 0 Å². The van der Waals surface area contributed by atoms with Crippen molar-refractivity contribution in [3.63, 3.8) is 0 Å². The number of ether oxygens (including phenoxy) is 2. The first-order chi connectivity index (χ1) is 8.54. The van der Waals surface area contributed by atoms with E-state index in [-0.39, 0.29) is 12.0 Å². The number of allylic oxidation sites excluding steroid dienone is 1. The van der Waals surface area contributed by atoms with Crippen molar-refractivity contribution >= 4 is 11.9 Å². The average molecular weight is 250 g/mol. The van der Waals surface area contributed by atoms with Crippen molar-refractivity contribution in [2.24, 2.45) is 5.92 Å². The summed E-state index contributed by atoms with van der Waals surface area (Å²) in [4.78, 5) is 23.1. The molecule has 0 N–H and O–H groups in total. The molecule has 4 nitrogen and oxygen atoms in total. The molecule has 0 aromatic carbocycles. The van der Waals surface area contributed by atoms with E-state index in [1.165, 1.54) is 0 Å². The molecule has 0 aliphatic heterocycles. The van der Waals surface area contributed by atoms with Gasteiger partial charge in [0.15, 0.2) is 0 Å². The SMILES string of the molecule is C=C(CC(=O)OCC)C(=O)OC12C=CC(CC1)C2. The number of fused-ring (bicyclic) bond motifs is 2. The van der Waals surface area contributed by atoms with Gasteiger partial charge in [-0.1, -0.05) is 12.7 Å². The summed E-state index contributed by atoms with van der Waals surface area (Å²) in [5.41, 5.74) is -0.286. The minimum Gasteiger partial charge on any atom is -0.466 e. The van der Waals surface area contributed by atoms with Crippen molar-refractivity contribution in [2.75, 3.05) is 6.61 Å². The van der Waals surface area contributed by atoms with Crippen LogP contribution in [0.2, 0.25) is 0 Å². The van der Waals surface area contributed by atoms with Gasteiger partial charge in [-0.05, 0) is 38.2 Å². The number of hydrogen-bond acceptors (Lipinski definition) is 4. The molecule has 0 amide bonds. The Kier molecular flexibility index (Phi) is 3.55. The van der Waals surface area contributed by atoms with E-state index in [4.69, 9.17) is 9.47 Å². The monoisotopic (exact) mass is 250 g/mol. The predicted molar refractivity (Wildman–Crippen MR) is 65.7 cm³/mol. The van der Waals surface area contributed by atoms with Crippen molar-refractivity contribution in [1.82, 2.24) is 0 Å². The number of carbonyl (C=O) groups excluding carboxylic acids is 2. The van der Waals surface area contributed by atoms with Gasteiger partial charge in [0.05, 0.1) is 13.0 Å². The van der Waals surface area contributed by atoms with Crippen LogP contribution < -0.4 is 0 Å². The van der Waals surface area contributed by atoms with Crippen LogP contribution in [-0.4, -0.2) is 24.1 Å².